The van der Waals surface area contributed by atoms with E-state index in [-0.39, 0.29) is 11.9 Å². The highest BCUT2D eigenvalue weighted by Gasteiger charge is 2.16. The van der Waals surface area contributed by atoms with Gasteiger partial charge in [0.1, 0.15) is 0 Å². The van der Waals surface area contributed by atoms with E-state index in [9.17, 15) is 4.79 Å². The molecule has 20 heavy (non-hydrogen) atoms. The Kier molecular flexibility index (Phi) is 6.73. The quantitative estimate of drug-likeness (QED) is 0.800. The van der Waals surface area contributed by atoms with Crippen LogP contribution in [0.4, 0.5) is 0 Å². The van der Waals surface area contributed by atoms with Gasteiger partial charge in [-0.3, -0.25) is 4.79 Å². The van der Waals surface area contributed by atoms with Crippen molar-refractivity contribution in [3.8, 4) is 0 Å². The third kappa shape index (κ3) is 4.97. The van der Waals surface area contributed by atoms with E-state index < -0.39 is 6.04 Å². The first-order chi connectivity index (χ1) is 9.45. The molecule has 0 bridgehead atoms. The van der Waals surface area contributed by atoms with Crippen LogP contribution in [0.15, 0.2) is 24.3 Å². The molecule has 0 aromatic heterocycles. The van der Waals surface area contributed by atoms with Crippen molar-refractivity contribution < 1.29 is 4.79 Å². The van der Waals surface area contributed by atoms with Crippen LogP contribution >= 0.6 is 0 Å². The van der Waals surface area contributed by atoms with Gasteiger partial charge in [0.05, 0.1) is 12.1 Å². The second-order valence-electron chi connectivity index (χ2n) is 5.80. The lowest BCUT2D eigenvalue weighted by Gasteiger charge is -2.18. The van der Waals surface area contributed by atoms with Gasteiger partial charge in [-0.05, 0) is 30.4 Å². The van der Waals surface area contributed by atoms with Crippen molar-refractivity contribution in [1.29, 1.82) is 0 Å². The number of carbonyl (C=O) groups excluding carboxylic acids is 1. The lowest BCUT2D eigenvalue weighted by Crippen LogP contribution is -2.41. The third-order valence-corrected chi connectivity index (χ3v) is 3.67. The minimum Gasteiger partial charge on any atom is -0.348 e. The van der Waals surface area contributed by atoms with Gasteiger partial charge >= 0.3 is 0 Å². The summed E-state index contributed by atoms with van der Waals surface area (Å²) in [4.78, 5) is 12.0. The number of rotatable bonds is 7. The highest BCUT2D eigenvalue weighted by Crippen LogP contribution is 2.18. The SMILES string of the molecule is CCCC[C@H](N)C(=O)NC(C)c1ccc(C(C)C)cc1. The molecule has 112 valence electrons. The van der Waals surface area contributed by atoms with Crippen LogP contribution in [0.3, 0.4) is 0 Å². The van der Waals surface area contributed by atoms with Crippen molar-refractivity contribution in [2.24, 2.45) is 5.73 Å². The zero-order chi connectivity index (χ0) is 15.1. The zero-order valence-electron chi connectivity index (χ0n) is 13.1. The number of carbonyl (C=O) groups is 1. The number of nitrogens with two attached hydrogens (primary N) is 1. The summed E-state index contributed by atoms with van der Waals surface area (Å²) in [5.41, 5.74) is 8.31. The van der Waals surface area contributed by atoms with E-state index in [1.165, 1.54) is 5.56 Å². The fraction of sp³-hybridized carbons (Fsp3) is 0.588. The molecule has 0 aliphatic rings. The summed E-state index contributed by atoms with van der Waals surface area (Å²) < 4.78 is 0. The number of unbranched alkanes of at least 4 members (excludes halogenated alkanes) is 1. The molecule has 0 aliphatic carbocycles. The molecule has 0 fully saturated rings. The number of benzene rings is 1. The number of nitrogens with one attached hydrogen (secondary N) is 1. The molecule has 0 radical (unpaired) electrons. The predicted octanol–water partition coefficient (Wildman–Crippen LogP) is 3.50. The van der Waals surface area contributed by atoms with E-state index in [4.69, 9.17) is 5.73 Å². The van der Waals surface area contributed by atoms with Crippen LogP contribution in [0.1, 0.15) is 70.0 Å². The average Bonchev–Trinajstić information content (AvgIpc) is 2.44. The van der Waals surface area contributed by atoms with Gasteiger partial charge in [-0.1, -0.05) is 57.9 Å². The normalized spacial score (nSPS) is 14.1. The van der Waals surface area contributed by atoms with E-state index in [1.807, 2.05) is 6.92 Å². The van der Waals surface area contributed by atoms with E-state index in [0.717, 1.165) is 24.8 Å². The van der Waals surface area contributed by atoms with E-state index in [0.29, 0.717) is 5.92 Å². The Morgan fingerprint density at radius 3 is 2.20 bits per heavy atom. The Labute approximate surface area is 122 Å². The Hall–Kier alpha value is -1.35. The van der Waals surface area contributed by atoms with Gasteiger partial charge in [-0.15, -0.1) is 0 Å². The molecule has 0 saturated heterocycles. The molecule has 1 aromatic carbocycles. The molecule has 1 unspecified atom stereocenters. The number of hydrogen-bond donors (Lipinski definition) is 2. The lowest BCUT2D eigenvalue weighted by atomic mass is 9.99. The average molecular weight is 276 g/mol. The van der Waals surface area contributed by atoms with Crippen LogP contribution in [-0.2, 0) is 4.79 Å². The highest BCUT2D eigenvalue weighted by atomic mass is 16.2. The monoisotopic (exact) mass is 276 g/mol. The molecular formula is C17H28N2O. The first kappa shape index (κ1) is 16.7. The molecule has 3 N–H and O–H groups in total. The third-order valence-electron chi connectivity index (χ3n) is 3.67. The first-order valence-corrected chi connectivity index (χ1v) is 7.61. The van der Waals surface area contributed by atoms with Crippen molar-refractivity contribution in [3.05, 3.63) is 35.4 Å². The van der Waals surface area contributed by atoms with E-state index >= 15 is 0 Å². The maximum absolute atomic E-state index is 12.0. The molecule has 0 heterocycles. The zero-order valence-corrected chi connectivity index (χ0v) is 13.1. The van der Waals surface area contributed by atoms with Crippen molar-refractivity contribution in [3.63, 3.8) is 0 Å². The number of hydrogen-bond acceptors (Lipinski definition) is 2. The molecular weight excluding hydrogens is 248 g/mol. The van der Waals surface area contributed by atoms with Crippen LogP contribution in [0.2, 0.25) is 0 Å². The van der Waals surface area contributed by atoms with Crippen molar-refractivity contribution in [1.82, 2.24) is 5.32 Å². The summed E-state index contributed by atoms with van der Waals surface area (Å²) in [5.74, 6) is 0.468. The second-order valence-corrected chi connectivity index (χ2v) is 5.80. The number of amides is 1. The van der Waals surface area contributed by atoms with Crippen LogP contribution in [0, 0.1) is 0 Å². The molecule has 0 aliphatic heterocycles. The van der Waals surface area contributed by atoms with Crippen molar-refractivity contribution in [2.45, 2.75) is 65.0 Å². The molecule has 1 amide bonds. The Morgan fingerprint density at radius 1 is 1.15 bits per heavy atom. The Morgan fingerprint density at radius 2 is 1.70 bits per heavy atom. The minimum absolute atomic E-state index is 0.00334. The van der Waals surface area contributed by atoms with Gasteiger partial charge in [-0.2, -0.15) is 0 Å². The van der Waals surface area contributed by atoms with Crippen molar-refractivity contribution in [2.75, 3.05) is 0 Å². The summed E-state index contributed by atoms with van der Waals surface area (Å²) >= 11 is 0. The largest absolute Gasteiger partial charge is 0.348 e. The summed E-state index contributed by atoms with van der Waals surface area (Å²) in [6, 6.07) is 8.01. The second kappa shape index (κ2) is 8.05. The topological polar surface area (TPSA) is 55.1 Å². The van der Waals surface area contributed by atoms with Gasteiger partial charge in [0.2, 0.25) is 5.91 Å². The fourth-order valence-electron chi connectivity index (χ4n) is 2.13. The predicted molar refractivity (Wildman–Crippen MR) is 84.6 cm³/mol. The molecule has 0 spiro atoms. The smallest absolute Gasteiger partial charge is 0.237 e. The fourth-order valence-corrected chi connectivity index (χ4v) is 2.13. The van der Waals surface area contributed by atoms with Gasteiger partial charge in [0, 0.05) is 0 Å². The highest BCUT2D eigenvalue weighted by molar-refractivity contribution is 5.81. The van der Waals surface area contributed by atoms with Gasteiger partial charge in [-0.25, -0.2) is 0 Å². The van der Waals surface area contributed by atoms with Crippen molar-refractivity contribution >= 4 is 5.91 Å². The minimum atomic E-state index is -0.396. The standard InChI is InChI=1S/C17H28N2O/c1-5-6-7-16(18)17(20)19-13(4)15-10-8-14(9-11-15)12(2)3/h8-13,16H,5-7,18H2,1-4H3,(H,19,20)/t13?,16-/m0/s1. The maximum atomic E-state index is 12.0. The molecule has 3 nitrogen and oxygen atoms in total. The van der Waals surface area contributed by atoms with Gasteiger partial charge in [0.25, 0.3) is 0 Å². The van der Waals surface area contributed by atoms with Crippen LogP contribution in [0.5, 0.6) is 0 Å². The summed E-state index contributed by atoms with van der Waals surface area (Å²) in [6.07, 6.45) is 2.81. The molecule has 3 heteroatoms. The Bertz CT molecular complexity index is 412. The summed E-state index contributed by atoms with van der Waals surface area (Å²) in [6.45, 7) is 8.44. The Balaban J connectivity index is 2.57. The maximum Gasteiger partial charge on any atom is 0.237 e. The van der Waals surface area contributed by atoms with Crippen LogP contribution < -0.4 is 11.1 Å². The van der Waals surface area contributed by atoms with Crippen LogP contribution in [-0.4, -0.2) is 11.9 Å². The summed E-state index contributed by atoms with van der Waals surface area (Å²) in [5, 5.41) is 2.99. The van der Waals surface area contributed by atoms with E-state index in [2.05, 4.69) is 50.4 Å². The van der Waals surface area contributed by atoms with Crippen LogP contribution in [0.25, 0.3) is 0 Å². The summed E-state index contributed by atoms with van der Waals surface area (Å²) in [7, 11) is 0. The molecule has 1 rings (SSSR count). The van der Waals surface area contributed by atoms with Gasteiger partial charge in [0.15, 0.2) is 0 Å². The lowest BCUT2D eigenvalue weighted by molar-refractivity contribution is -0.123. The van der Waals surface area contributed by atoms with E-state index in [1.54, 1.807) is 0 Å². The molecule has 1 aromatic rings. The first-order valence-electron chi connectivity index (χ1n) is 7.61. The molecule has 2 atom stereocenters. The van der Waals surface area contributed by atoms with Gasteiger partial charge < -0.3 is 11.1 Å². The molecule has 0 saturated carbocycles.